The van der Waals surface area contributed by atoms with Crippen LogP contribution in [0.4, 0.5) is 0 Å². The van der Waals surface area contributed by atoms with Gasteiger partial charge in [0.1, 0.15) is 18.4 Å². The number of aliphatic hydroxyl groups is 1. The predicted molar refractivity (Wildman–Crippen MR) is 84.3 cm³/mol. The van der Waals surface area contributed by atoms with Crippen LogP contribution in [-0.4, -0.2) is 54.4 Å². The average molecular weight is 329 g/mol. The van der Waals surface area contributed by atoms with Crippen LogP contribution in [0.3, 0.4) is 0 Å². The molecule has 1 atom stereocenters. The van der Waals surface area contributed by atoms with Crippen molar-refractivity contribution in [3.63, 3.8) is 0 Å². The number of carboxylic acid groups (broad SMARTS) is 1. The first-order valence-electron chi connectivity index (χ1n) is 7.32. The van der Waals surface area contributed by atoms with Gasteiger partial charge in [-0.1, -0.05) is 26.0 Å². The van der Waals surface area contributed by atoms with Gasteiger partial charge in [-0.05, 0) is 17.7 Å². The van der Waals surface area contributed by atoms with Crippen LogP contribution in [0.15, 0.2) is 24.3 Å². The molecule has 0 aliphatic carbocycles. The molecule has 1 rings (SSSR count). The Labute approximate surface area is 135 Å². The van der Waals surface area contributed by atoms with Crippen molar-refractivity contribution < 1.29 is 29.3 Å². The van der Waals surface area contributed by atoms with E-state index in [-0.39, 0.29) is 19.7 Å². The molecular weight excluding hydrogens is 304 g/mol. The fourth-order valence-electron chi connectivity index (χ4n) is 1.66. The minimum absolute atomic E-state index is 0.00646. The van der Waals surface area contributed by atoms with E-state index in [0.29, 0.717) is 10.5 Å². The topological polar surface area (TPSA) is 108 Å². The molecule has 0 saturated heterocycles. The number of aliphatic hydroxyl groups excluding tert-OH is 1. The van der Waals surface area contributed by atoms with Crippen LogP contribution in [0, 0.1) is 4.91 Å². The Kier molecular flexibility index (Phi) is 11.4. The summed E-state index contributed by atoms with van der Waals surface area (Å²) < 4.78 is 5.72. The quantitative estimate of drug-likeness (QED) is 0.436. The molecule has 0 radical (unpaired) electrons. The summed E-state index contributed by atoms with van der Waals surface area (Å²) in [6, 6.07) is 6.41. The highest BCUT2D eigenvalue weighted by Gasteiger charge is 2.21. The third-order valence-corrected chi connectivity index (χ3v) is 2.68. The summed E-state index contributed by atoms with van der Waals surface area (Å²) >= 11 is 0. The first-order chi connectivity index (χ1) is 11.1. The molecule has 0 aliphatic heterocycles. The summed E-state index contributed by atoms with van der Waals surface area (Å²) in [6.07, 6.45) is 0. The van der Waals surface area contributed by atoms with Crippen molar-refractivity contribution in [3.05, 3.63) is 34.7 Å². The zero-order valence-electron chi connectivity index (χ0n) is 13.7. The second-order valence-corrected chi connectivity index (χ2v) is 4.24. The molecule has 0 amide bonds. The SMILES string of the molecule is CC.COc1ccc(C(C[N+](=O)CCO)NOCC(=O)O)cc1. The number of aliphatic carboxylic acids is 1. The van der Waals surface area contributed by atoms with Gasteiger partial charge in [0.05, 0.1) is 7.11 Å². The molecule has 0 aromatic heterocycles. The lowest BCUT2D eigenvalue weighted by molar-refractivity contribution is -0.555. The van der Waals surface area contributed by atoms with E-state index in [1.165, 1.54) is 0 Å². The van der Waals surface area contributed by atoms with Gasteiger partial charge < -0.3 is 14.9 Å². The monoisotopic (exact) mass is 329 g/mol. The van der Waals surface area contributed by atoms with Crippen molar-refractivity contribution in [2.24, 2.45) is 0 Å². The van der Waals surface area contributed by atoms with E-state index in [1.807, 2.05) is 13.8 Å². The van der Waals surface area contributed by atoms with E-state index < -0.39 is 18.6 Å². The van der Waals surface area contributed by atoms with Crippen LogP contribution in [0.2, 0.25) is 0 Å². The van der Waals surface area contributed by atoms with E-state index >= 15 is 0 Å². The second-order valence-electron chi connectivity index (χ2n) is 4.24. The van der Waals surface area contributed by atoms with Crippen LogP contribution in [-0.2, 0) is 9.63 Å². The highest BCUT2D eigenvalue weighted by molar-refractivity contribution is 5.67. The molecule has 8 heteroatoms. The number of nitrogens with one attached hydrogen (secondary N) is 1. The molecule has 0 bridgehead atoms. The zero-order valence-corrected chi connectivity index (χ0v) is 13.7. The number of nitroso groups, excluding NO2 is 1. The van der Waals surface area contributed by atoms with Gasteiger partial charge >= 0.3 is 5.97 Å². The minimum atomic E-state index is -1.12. The molecule has 1 aromatic rings. The van der Waals surface area contributed by atoms with Crippen molar-refractivity contribution in [2.75, 3.05) is 33.4 Å². The number of hydrogen-bond acceptors (Lipinski definition) is 6. The van der Waals surface area contributed by atoms with Crippen LogP contribution >= 0.6 is 0 Å². The van der Waals surface area contributed by atoms with Gasteiger partial charge in [-0.2, -0.15) is 5.48 Å². The summed E-state index contributed by atoms with van der Waals surface area (Å²) in [5, 5.41) is 17.3. The van der Waals surface area contributed by atoms with E-state index in [0.717, 1.165) is 5.56 Å². The lowest BCUT2D eigenvalue weighted by atomic mass is 10.1. The number of benzene rings is 1. The lowest BCUT2D eigenvalue weighted by Crippen LogP contribution is -2.32. The summed E-state index contributed by atoms with van der Waals surface area (Å²) in [4.78, 5) is 26.8. The molecule has 0 heterocycles. The molecule has 0 aliphatic rings. The molecule has 130 valence electrons. The van der Waals surface area contributed by atoms with Crippen LogP contribution in [0.25, 0.3) is 0 Å². The van der Waals surface area contributed by atoms with Crippen LogP contribution < -0.4 is 10.2 Å². The van der Waals surface area contributed by atoms with Gasteiger partial charge in [0.2, 0.25) is 13.1 Å². The third kappa shape index (κ3) is 8.87. The van der Waals surface area contributed by atoms with Gasteiger partial charge in [-0.25, -0.2) is 4.79 Å². The maximum absolute atomic E-state index is 11.6. The molecule has 23 heavy (non-hydrogen) atoms. The molecule has 0 saturated carbocycles. The maximum Gasteiger partial charge on any atom is 0.331 e. The third-order valence-electron chi connectivity index (χ3n) is 2.68. The Balaban J connectivity index is 0.00000232. The zero-order chi connectivity index (χ0) is 17.7. The normalized spacial score (nSPS) is 11.1. The van der Waals surface area contributed by atoms with Gasteiger partial charge in [-0.15, -0.1) is 0 Å². The summed E-state index contributed by atoms with van der Waals surface area (Å²) in [5.74, 6) is -0.455. The number of rotatable bonds is 10. The van der Waals surface area contributed by atoms with Crippen LogP contribution in [0.1, 0.15) is 25.5 Å². The molecule has 1 unspecified atom stereocenters. The first-order valence-corrected chi connectivity index (χ1v) is 7.32. The van der Waals surface area contributed by atoms with Gasteiger partial charge in [0.15, 0.2) is 6.61 Å². The van der Waals surface area contributed by atoms with Gasteiger partial charge in [-0.3, -0.25) is 4.84 Å². The molecule has 1 aromatic carbocycles. The van der Waals surface area contributed by atoms with Crippen molar-refractivity contribution in [1.82, 2.24) is 5.48 Å². The largest absolute Gasteiger partial charge is 0.497 e. The Morgan fingerprint density at radius 2 is 1.91 bits per heavy atom. The number of nitrogens with zero attached hydrogens (tertiary/aromatic N) is 1. The van der Waals surface area contributed by atoms with Crippen molar-refractivity contribution in [2.45, 2.75) is 19.9 Å². The number of hydroxylamine groups is 1. The fourth-order valence-corrected chi connectivity index (χ4v) is 1.66. The highest BCUT2D eigenvalue weighted by Crippen LogP contribution is 2.18. The summed E-state index contributed by atoms with van der Waals surface area (Å²) in [7, 11) is 1.54. The highest BCUT2D eigenvalue weighted by atomic mass is 16.7. The Morgan fingerprint density at radius 1 is 1.30 bits per heavy atom. The molecule has 8 nitrogen and oxygen atoms in total. The number of carboxylic acids is 1. The lowest BCUT2D eigenvalue weighted by Gasteiger charge is -2.15. The number of ether oxygens (including phenoxy) is 1. The summed E-state index contributed by atoms with van der Waals surface area (Å²) in [6.45, 7) is 3.19. The Bertz CT molecular complexity index is 464. The van der Waals surface area contributed by atoms with E-state index in [9.17, 15) is 9.70 Å². The van der Waals surface area contributed by atoms with E-state index in [1.54, 1.807) is 31.4 Å². The standard InChI is InChI=1S/C13H18N2O6.C2H6/c1-20-11-4-2-10(3-5-11)12(8-15(19)6-7-16)14-21-9-13(17)18;1-2/h2-5,12,14,16H,6-9H2,1H3;1-2H3/p+1. The minimum Gasteiger partial charge on any atom is -0.497 e. The molecule has 0 fully saturated rings. The number of carbonyl (C=O) groups is 1. The predicted octanol–water partition coefficient (Wildman–Crippen LogP) is 1.14. The first kappa shape index (κ1) is 21.0. The maximum atomic E-state index is 11.6. The average Bonchev–Trinajstić information content (AvgIpc) is 2.56. The fraction of sp³-hybridized carbons (Fsp3) is 0.533. The Morgan fingerprint density at radius 3 is 2.39 bits per heavy atom. The Hall–Kier alpha value is -2.03. The van der Waals surface area contributed by atoms with E-state index in [4.69, 9.17) is 19.8 Å². The van der Waals surface area contributed by atoms with Crippen LogP contribution in [0.5, 0.6) is 5.75 Å². The number of hydrogen-bond donors (Lipinski definition) is 3. The van der Waals surface area contributed by atoms with Gasteiger partial charge in [0, 0.05) is 9.67 Å². The molecule has 3 N–H and O–H groups in total. The van der Waals surface area contributed by atoms with Crippen molar-refractivity contribution >= 4 is 5.97 Å². The van der Waals surface area contributed by atoms with Gasteiger partial charge in [0.25, 0.3) is 0 Å². The van der Waals surface area contributed by atoms with E-state index in [2.05, 4.69) is 5.48 Å². The second kappa shape index (κ2) is 12.5. The van der Waals surface area contributed by atoms with Crippen molar-refractivity contribution in [3.8, 4) is 5.75 Å². The number of methoxy groups -OCH3 is 1. The molecule has 0 spiro atoms. The smallest absolute Gasteiger partial charge is 0.331 e. The van der Waals surface area contributed by atoms with Crippen molar-refractivity contribution in [1.29, 1.82) is 0 Å². The molecular formula is C15H25N2O6+. The summed E-state index contributed by atoms with van der Waals surface area (Å²) in [5.41, 5.74) is 3.29.